The van der Waals surface area contributed by atoms with Crippen LogP contribution in [0.5, 0.6) is 0 Å². The first-order valence-corrected chi connectivity index (χ1v) is 14.5. The topological polar surface area (TPSA) is 77.1 Å². The van der Waals surface area contributed by atoms with Gasteiger partial charge in [0.1, 0.15) is 5.78 Å². The van der Waals surface area contributed by atoms with E-state index in [2.05, 4.69) is 24.1 Å². The second kappa shape index (κ2) is 18.9. The van der Waals surface area contributed by atoms with E-state index in [1.54, 1.807) is 6.92 Å². The summed E-state index contributed by atoms with van der Waals surface area (Å²) in [6.45, 7) is 12.0. The molecule has 0 heterocycles. The average molecular weight is 509 g/mol. The number of ether oxygens (including phenoxy) is 3. The van der Waals surface area contributed by atoms with Gasteiger partial charge in [0.05, 0.1) is 45.7 Å². The molecule has 2 aliphatic carbocycles. The lowest BCUT2D eigenvalue weighted by molar-refractivity contribution is -0.131. The molecule has 0 aromatic rings. The predicted molar refractivity (Wildman–Crippen MR) is 144 cm³/mol. The molecule has 7 nitrogen and oxygen atoms in total. The van der Waals surface area contributed by atoms with Gasteiger partial charge in [-0.3, -0.25) is 14.5 Å². The fourth-order valence-corrected chi connectivity index (χ4v) is 4.83. The third kappa shape index (κ3) is 11.8. The SMILES string of the molecule is CCCN(CCC)C(CCC(NCCOCCOCCOCCC(C)=O)=C1CCC1)C(=O)C1CCC1. The van der Waals surface area contributed by atoms with E-state index in [9.17, 15) is 9.59 Å². The highest BCUT2D eigenvalue weighted by molar-refractivity contribution is 5.87. The molecule has 0 aromatic carbocycles. The number of nitrogens with one attached hydrogen (secondary N) is 1. The number of Topliss-reactive ketones (excluding diaryl/α,β-unsaturated/α-hetero) is 2. The molecule has 2 aliphatic rings. The van der Waals surface area contributed by atoms with Crippen LogP contribution in [0.1, 0.15) is 91.4 Å². The molecular weight excluding hydrogens is 456 g/mol. The minimum Gasteiger partial charge on any atom is -0.386 e. The average Bonchev–Trinajstić information content (AvgIpc) is 2.77. The summed E-state index contributed by atoms with van der Waals surface area (Å²) in [6.07, 6.45) is 11.5. The largest absolute Gasteiger partial charge is 0.386 e. The Labute approximate surface area is 219 Å². The van der Waals surface area contributed by atoms with Crippen LogP contribution in [0.3, 0.4) is 0 Å². The number of allylic oxidation sites excluding steroid dienone is 2. The number of hydrogen-bond acceptors (Lipinski definition) is 7. The van der Waals surface area contributed by atoms with Crippen LogP contribution in [0, 0.1) is 5.92 Å². The van der Waals surface area contributed by atoms with Crippen molar-refractivity contribution in [3.63, 3.8) is 0 Å². The van der Waals surface area contributed by atoms with E-state index in [4.69, 9.17) is 14.2 Å². The fraction of sp³-hybridized carbons (Fsp3) is 0.862. The number of carbonyl (C=O) groups excluding carboxylic acids is 2. The zero-order valence-corrected chi connectivity index (χ0v) is 23.3. The quantitative estimate of drug-likeness (QED) is 0.201. The Morgan fingerprint density at radius 3 is 2.00 bits per heavy atom. The first-order chi connectivity index (χ1) is 17.6. The number of carbonyl (C=O) groups is 2. The molecular formula is C29H52N2O5. The maximum absolute atomic E-state index is 13.3. The molecule has 0 saturated heterocycles. The Balaban J connectivity index is 1.69. The molecule has 0 radical (unpaired) electrons. The Hall–Kier alpha value is -1.28. The van der Waals surface area contributed by atoms with Gasteiger partial charge in [-0.1, -0.05) is 25.8 Å². The fourth-order valence-electron chi connectivity index (χ4n) is 4.83. The van der Waals surface area contributed by atoms with E-state index >= 15 is 0 Å². The highest BCUT2D eigenvalue weighted by Gasteiger charge is 2.34. The van der Waals surface area contributed by atoms with Gasteiger partial charge in [0.25, 0.3) is 0 Å². The standard InChI is InChI=1S/C29H52N2O5/c1-4-16-31(17-5-2)28(29(33)26-10-7-11-26)13-12-27(25-8-6-9-25)30-15-19-35-21-23-36-22-20-34-18-14-24(3)32/h26,28,30H,4-23H2,1-3H3. The smallest absolute Gasteiger partial charge is 0.153 e. The van der Waals surface area contributed by atoms with Crippen molar-refractivity contribution in [2.45, 2.75) is 97.4 Å². The molecule has 208 valence electrons. The summed E-state index contributed by atoms with van der Waals surface area (Å²) in [4.78, 5) is 26.7. The molecule has 36 heavy (non-hydrogen) atoms. The van der Waals surface area contributed by atoms with Crippen molar-refractivity contribution < 1.29 is 23.8 Å². The van der Waals surface area contributed by atoms with Crippen molar-refractivity contribution in [2.24, 2.45) is 5.92 Å². The van der Waals surface area contributed by atoms with Crippen LogP contribution in [-0.2, 0) is 23.8 Å². The van der Waals surface area contributed by atoms with Crippen molar-refractivity contribution in [3.8, 4) is 0 Å². The highest BCUT2D eigenvalue weighted by Crippen LogP contribution is 2.33. The van der Waals surface area contributed by atoms with Gasteiger partial charge >= 0.3 is 0 Å². The molecule has 2 rings (SSSR count). The van der Waals surface area contributed by atoms with Crippen molar-refractivity contribution in [1.29, 1.82) is 0 Å². The number of ketones is 2. The van der Waals surface area contributed by atoms with Gasteiger partial charge in [0.15, 0.2) is 5.78 Å². The molecule has 2 fully saturated rings. The number of nitrogens with zero attached hydrogens (tertiary/aromatic N) is 1. The highest BCUT2D eigenvalue weighted by atomic mass is 16.5. The molecule has 0 aromatic heterocycles. The van der Waals surface area contributed by atoms with Crippen LogP contribution in [0.2, 0.25) is 0 Å². The van der Waals surface area contributed by atoms with Crippen molar-refractivity contribution >= 4 is 11.6 Å². The second-order valence-electron chi connectivity index (χ2n) is 10.3. The van der Waals surface area contributed by atoms with Gasteiger partial charge in [-0.15, -0.1) is 0 Å². The number of rotatable bonds is 23. The third-order valence-corrected chi connectivity index (χ3v) is 7.28. The van der Waals surface area contributed by atoms with Crippen molar-refractivity contribution in [3.05, 3.63) is 11.3 Å². The van der Waals surface area contributed by atoms with Crippen LogP contribution in [0.4, 0.5) is 0 Å². The normalized spacial score (nSPS) is 16.5. The summed E-state index contributed by atoms with van der Waals surface area (Å²) in [7, 11) is 0. The van der Waals surface area contributed by atoms with Crippen LogP contribution < -0.4 is 5.32 Å². The lowest BCUT2D eigenvalue weighted by Crippen LogP contribution is -2.46. The summed E-state index contributed by atoms with van der Waals surface area (Å²) in [6, 6.07) is 0.0625. The van der Waals surface area contributed by atoms with E-state index in [0.29, 0.717) is 57.8 Å². The van der Waals surface area contributed by atoms with Gasteiger partial charge in [0, 0.05) is 24.6 Å². The maximum atomic E-state index is 13.3. The van der Waals surface area contributed by atoms with E-state index in [1.807, 2.05) is 0 Å². The Morgan fingerprint density at radius 2 is 1.50 bits per heavy atom. The van der Waals surface area contributed by atoms with Gasteiger partial charge < -0.3 is 19.5 Å². The molecule has 0 aliphatic heterocycles. The summed E-state index contributed by atoms with van der Waals surface area (Å²) >= 11 is 0. The van der Waals surface area contributed by atoms with Crippen LogP contribution in [0.15, 0.2) is 11.3 Å². The van der Waals surface area contributed by atoms with Crippen molar-refractivity contribution in [1.82, 2.24) is 10.2 Å². The Kier molecular flexibility index (Phi) is 16.2. The second-order valence-corrected chi connectivity index (χ2v) is 10.3. The predicted octanol–water partition coefficient (Wildman–Crippen LogP) is 4.68. The number of hydrogen-bond donors (Lipinski definition) is 1. The summed E-state index contributed by atoms with van der Waals surface area (Å²) in [5.41, 5.74) is 2.89. The Bertz CT molecular complexity index is 650. The summed E-state index contributed by atoms with van der Waals surface area (Å²) in [5, 5.41) is 3.65. The molecule has 0 amide bonds. The van der Waals surface area contributed by atoms with E-state index < -0.39 is 0 Å². The lowest BCUT2D eigenvalue weighted by atomic mass is 9.78. The summed E-state index contributed by atoms with van der Waals surface area (Å²) in [5.74, 6) is 0.932. The zero-order chi connectivity index (χ0) is 26.0. The van der Waals surface area contributed by atoms with Crippen molar-refractivity contribution in [2.75, 3.05) is 59.3 Å². The minimum atomic E-state index is 0.0625. The molecule has 1 atom stereocenters. The molecule has 0 spiro atoms. The lowest BCUT2D eigenvalue weighted by Gasteiger charge is -2.36. The van der Waals surface area contributed by atoms with Crippen LogP contribution >= 0.6 is 0 Å². The van der Waals surface area contributed by atoms with E-state index in [1.165, 1.54) is 37.0 Å². The monoisotopic (exact) mass is 508 g/mol. The zero-order valence-electron chi connectivity index (χ0n) is 23.3. The summed E-state index contributed by atoms with van der Waals surface area (Å²) < 4.78 is 16.6. The van der Waals surface area contributed by atoms with Gasteiger partial charge in [-0.25, -0.2) is 0 Å². The first kappa shape index (κ1) is 30.9. The molecule has 2 saturated carbocycles. The third-order valence-electron chi connectivity index (χ3n) is 7.28. The van der Waals surface area contributed by atoms with Gasteiger partial charge in [-0.2, -0.15) is 0 Å². The van der Waals surface area contributed by atoms with Crippen LogP contribution in [-0.4, -0.2) is 81.8 Å². The van der Waals surface area contributed by atoms with E-state index in [-0.39, 0.29) is 11.8 Å². The van der Waals surface area contributed by atoms with Gasteiger partial charge in [-0.05, 0) is 77.8 Å². The van der Waals surface area contributed by atoms with Crippen LogP contribution in [0.25, 0.3) is 0 Å². The molecule has 7 heteroatoms. The van der Waals surface area contributed by atoms with Gasteiger partial charge in [0.2, 0.25) is 0 Å². The first-order valence-electron chi connectivity index (χ1n) is 14.5. The Morgan fingerprint density at radius 1 is 0.889 bits per heavy atom. The van der Waals surface area contributed by atoms with E-state index in [0.717, 1.165) is 58.2 Å². The maximum Gasteiger partial charge on any atom is 0.153 e. The molecule has 1 N–H and O–H groups in total. The molecule has 0 bridgehead atoms. The minimum absolute atomic E-state index is 0.0625. The molecule has 1 unspecified atom stereocenters.